The van der Waals surface area contributed by atoms with E-state index in [0.717, 1.165) is 11.1 Å². The molecule has 0 N–H and O–H groups in total. The summed E-state index contributed by atoms with van der Waals surface area (Å²) >= 11 is 0. The molecule has 2 aliphatic heterocycles. The smallest absolute Gasteiger partial charge is 0.363 e. The van der Waals surface area contributed by atoms with E-state index >= 15 is 0 Å². The van der Waals surface area contributed by atoms with Crippen molar-refractivity contribution in [2.75, 3.05) is 6.79 Å². The topological polar surface area (TPSA) is 57.1 Å². The maximum Gasteiger partial charge on any atom is 0.363 e. The fourth-order valence-electron chi connectivity index (χ4n) is 2.63. The second-order valence-corrected chi connectivity index (χ2v) is 5.70. The van der Waals surface area contributed by atoms with Crippen molar-refractivity contribution >= 4 is 17.9 Å². The van der Waals surface area contributed by atoms with Gasteiger partial charge in [-0.05, 0) is 42.3 Å². The highest BCUT2D eigenvalue weighted by Crippen LogP contribution is 2.33. The third-order valence-electron chi connectivity index (χ3n) is 3.80. The second-order valence-electron chi connectivity index (χ2n) is 5.70. The number of fused-ring (bicyclic) bond motifs is 1. The minimum Gasteiger partial charge on any atom is -0.454 e. The molecule has 0 saturated heterocycles. The first-order valence-electron chi connectivity index (χ1n) is 7.85. The molecule has 2 aliphatic rings. The van der Waals surface area contributed by atoms with Crippen LogP contribution in [0.2, 0.25) is 0 Å². The highest BCUT2D eigenvalue weighted by Gasteiger charge is 2.25. The molecular weight excluding hydrogens is 318 g/mol. The Labute approximate surface area is 144 Å². The maximum absolute atomic E-state index is 12.1. The lowest BCUT2D eigenvalue weighted by molar-refractivity contribution is -0.130. The summed E-state index contributed by atoms with van der Waals surface area (Å²) in [5, 5.41) is 0. The maximum atomic E-state index is 12.1. The van der Waals surface area contributed by atoms with E-state index in [0.29, 0.717) is 17.1 Å². The molecule has 5 heteroatoms. The van der Waals surface area contributed by atoms with Crippen LogP contribution in [-0.2, 0) is 9.53 Å². The third kappa shape index (κ3) is 3.17. The first kappa shape index (κ1) is 15.2. The number of hydrogen-bond donors (Lipinski definition) is 0. The molecule has 0 fully saturated rings. The van der Waals surface area contributed by atoms with Crippen LogP contribution in [0, 0.1) is 0 Å². The third-order valence-corrected chi connectivity index (χ3v) is 3.80. The summed E-state index contributed by atoms with van der Waals surface area (Å²) in [6.45, 7) is 2.11. The lowest BCUT2D eigenvalue weighted by atomic mass is 10.1. The summed E-state index contributed by atoms with van der Waals surface area (Å²) < 4.78 is 15.9. The van der Waals surface area contributed by atoms with Gasteiger partial charge in [-0.25, -0.2) is 9.79 Å². The molecule has 0 amide bonds. The van der Waals surface area contributed by atoms with E-state index in [2.05, 4.69) is 4.99 Å². The summed E-state index contributed by atoms with van der Waals surface area (Å²) in [5.74, 6) is 1.09. The van der Waals surface area contributed by atoms with Crippen molar-refractivity contribution in [1.29, 1.82) is 0 Å². The van der Waals surface area contributed by atoms with Gasteiger partial charge in [0, 0.05) is 5.56 Å². The highest BCUT2D eigenvalue weighted by molar-refractivity contribution is 6.11. The van der Waals surface area contributed by atoms with Crippen molar-refractivity contribution < 1.29 is 19.0 Å². The van der Waals surface area contributed by atoms with Crippen molar-refractivity contribution in [2.24, 2.45) is 4.99 Å². The summed E-state index contributed by atoms with van der Waals surface area (Å²) in [7, 11) is 0. The fourth-order valence-corrected chi connectivity index (χ4v) is 2.63. The van der Waals surface area contributed by atoms with Crippen LogP contribution < -0.4 is 9.47 Å². The van der Waals surface area contributed by atoms with Gasteiger partial charge in [0.15, 0.2) is 17.2 Å². The van der Waals surface area contributed by atoms with E-state index in [4.69, 9.17) is 14.2 Å². The van der Waals surface area contributed by atoms with Crippen LogP contribution in [0.1, 0.15) is 18.1 Å². The summed E-state index contributed by atoms with van der Waals surface area (Å²) in [6, 6.07) is 15.2. The van der Waals surface area contributed by atoms with Gasteiger partial charge in [0.1, 0.15) is 0 Å². The van der Waals surface area contributed by atoms with Crippen LogP contribution >= 0.6 is 0 Å². The second kappa shape index (κ2) is 6.28. The largest absolute Gasteiger partial charge is 0.454 e. The lowest BCUT2D eigenvalue weighted by Crippen LogP contribution is -2.05. The molecule has 0 spiro atoms. The first-order valence-corrected chi connectivity index (χ1v) is 7.85. The van der Waals surface area contributed by atoms with Gasteiger partial charge in [0.05, 0.1) is 0 Å². The molecule has 4 rings (SSSR count). The van der Waals surface area contributed by atoms with E-state index in [1.54, 1.807) is 24.3 Å². The van der Waals surface area contributed by atoms with Crippen LogP contribution in [0.5, 0.6) is 11.5 Å². The quantitative estimate of drug-likeness (QED) is 0.635. The van der Waals surface area contributed by atoms with E-state index in [1.807, 2.05) is 43.3 Å². The number of benzene rings is 2. The number of carbonyl (C=O) groups excluding carboxylic acids is 1. The van der Waals surface area contributed by atoms with Crippen molar-refractivity contribution in [2.45, 2.75) is 6.92 Å². The first-order chi connectivity index (χ1) is 12.2. The normalized spacial score (nSPS) is 17.6. The minimum atomic E-state index is -0.464. The van der Waals surface area contributed by atoms with Gasteiger partial charge in [0.25, 0.3) is 0 Å². The number of cyclic esters (lactones) is 1. The average molecular weight is 333 g/mol. The molecule has 2 aromatic carbocycles. The van der Waals surface area contributed by atoms with Crippen LogP contribution in [0.15, 0.2) is 70.9 Å². The molecule has 0 unspecified atom stereocenters. The Hall–Kier alpha value is -3.34. The summed E-state index contributed by atoms with van der Waals surface area (Å²) in [5.41, 5.74) is 2.92. The molecule has 25 heavy (non-hydrogen) atoms. The molecular formula is C20H15NO4. The summed E-state index contributed by atoms with van der Waals surface area (Å²) in [6.07, 6.45) is 3.70. The molecule has 5 nitrogen and oxygen atoms in total. The van der Waals surface area contributed by atoms with Crippen LogP contribution in [-0.4, -0.2) is 18.7 Å². The Bertz CT molecular complexity index is 926. The van der Waals surface area contributed by atoms with Gasteiger partial charge in [-0.1, -0.05) is 36.4 Å². The van der Waals surface area contributed by atoms with E-state index in [1.165, 1.54) is 0 Å². The van der Waals surface area contributed by atoms with Crippen molar-refractivity contribution in [3.05, 3.63) is 77.0 Å². The molecule has 0 bridgehead atoms. The van der Waals surface area contributed by atoms with E-state index in [-0.39, 0.29) is 18.4 Å². The van der Waals surface area contributed by atoms with Gasteiger partial charge in [0.2, 0.25) is 12.7 Å². The minimum absolute atomic E-state index is 0.194. The molecule has 0 atom stereocenters. The number of hydrogen-bond acceptors (Lipinski definition) is 5. The number of allylic oxidation sites excluding steroid dienone is 2. The molecule has 124 valence electrons. The van der Waals surface area contributed by atoms with Gasteiger partial charge in [-0.3, -0.25) is 0 Å². The van der Waals surface area contributed by atoms with Crippen LogP contribution in [0.25, 0.3) is 6.08 Å². The predicted molar refractivity (Wildman–Crippen MR) is 93.4 cm³/mol. The van der Waals surface area contributed by atoms with Crippen LogP contribution in [0.4, 0.5) is 0 Å². The molecule has 0 radical (unpaired) electrons. The highest BCUT2D eigenvalue weighted by atomic mass is 16.7. The van der Waals surface area contributed by atoms with Crippen molar-refractivity contribution in [3.8, 4) is 11.5 Å². The monoisotopic (exact) mass is 333 g/mol. The fraction of sp³-hybridized carbons (Fsp3) is 0.100. The molecule has 0 saturated carbocycles. The van der Waals surface area contributed by atoms with E-state index in [9.17, 15) is 4.79 Å². The zero-order chi connectivity index (χ0) is 17.2. The van der Waals surface area contributed by atoms with Gasteiger partial charge < -0.3 is 14.2 Å². The van der Waals surface area contributed by atoms with Gasteiger partial charge >= 0.3 is 5.97 Å². The Kier molecular flexibility index (Phi) is 3.82. The Morgan fingerprint density at radius 3 is 2.72 bits per heavy atom. The number of nitrogens with zero attached hydrogens (tertiary/aromatic N) is 1. The zero-order valence-electron chi connectivity index (χ0n) is 13.6. The lowest BCUT2D eigenvalue weighted by Gasteiger charge is -2.01. The average Bonchev–Trinajstić information content (AvgIpc) is 3.22. The number of ether oxygens (including phenoxy) is 3. The molecule has 2 heterocycles. The van der Waals surface area contributed by atoms with E-state index < -0.39 is 5.97 Å². The number of esters is 1. The Morgan fingerprint density at radius 2 is 1.88 bits per heavy atom. The SMILES string of the molecule is CC(=C\c1ccccc1)/C=C1/N=C(c2ccc3c(c2)OCO3)OC1=O. The molecule has 0 aliphatic carbocycles. The Balaban J connectivity index is 1.61. The number of aliphatic imine (C=N–C) groups is 1. The zero-order valence-corrected chi connectivity index (χ0v) is 13.6. The van der Waals surface area contributed by atoms with Gasteiger partial charge in [-0.2, -0.15) is 0 Å². The molecule has 2 aromatic rings. The Morgan fingerprint density at radius 1 is 1.08 bits per heavy atom. The van der Waals surface area contributed by atoms with Crippen molar-refractivity contribution in [1.82, 2.24) is 0 Å². The van der Waals surface area contributed by atoms with Crippen molar-refractivity contribution in [3.63, 3.8) is 0 Å². The standard InChI is InChI=1S/C20H15NO4/c1-13(9-14-5-3-2-4-6-14)10-16-20(22)25-19(21-16)15-7-8-17-18(11-15)24-12-23-17/h2-11H,12H2,1H3/b13-9+,16-10+. The predicted octanol–water partition coefficient (Wildman–Crippen LogP) is 3.71. The molecule has 0 aromatic heterocycles. The summed E-state index contributed by atoms with van der Waals surface area (Å²) in [4.78, 5) is 16.4. The number of rotatable bonds is 3. The van der Waals surface area contributed by atoms with Crippen LogP contribution in [0.3, 0.4) is 0 Å². The van der Waals surface area contributed by atoms with Gasteiger partial charge in [-0.15, -0.1) is 0 Å². The number of carbonyl (C=O) groups is 1.